The Hall–Kier alpha value is -1.41. The average Bonchev–Trinajstić information content (AvgIpc) is 2.85. The second-order valence-corrected chi connectivity index (χ2v) is 5.68. The predicted molar refractivity (Wildman–Crippen MR) is 73.3 cm³/mol. The Balaban J connectivity index is 2.08. The van der Waals surface area contributed by atoms with Gasteiger partial charge in [-0.1, -0.05) is 38.0 Å². The van der Waals surface area contributed by atoms with Crippen LogP contribution in [0.5, 0.6) is 0 Å². The summed E-state index contributed by atoms with van der Waals surface area (Å²) in [5.74, 6) is 0. The van der Waals surface area contributed by atoms with E-state index in [2.05, 4.69) is 18.0 Å². The summed E-state index contributed by atoms with van der Waals surface area (Å²) in [7, 11) is 0. The van der Waals surface area contributed by atoms with E-state index >= 15 is 0 Å². The maximum absolute atomic E-state index is 10.7. The maximum atomic E-state index is 10.7. The van der Waals surface area contributed by atoms with Crippen LogP contribution in [0.25, 0.3) is 10.9 Å². The average molecular weight is 241 g/mol. The predicted octanol–water partition coefficient (Wildman–Crippen LogP) is 3.85. The summed E-state index contributed by atoms with van der Waals surface area (Å²) in [6.45, 7) is 2.21. The van der Waals surface area contributed by atoms with E-state index < -0.39 is 0 Å². The van der Waals surface area contributed by atoms with E-state index in [9.17, 15) is 5.11 Å². The minimum atomic E-state index is -0.382. The quantitative estimate of drug-likeness (QED) is 0.866. The number of aliphatic hydroxyl groups excluding tert-OH is 1. The maximum Gasteiger partial charge on any atom is 0.0850 e. The lowest BCUT2D eigenvalue weighted by molar-refractivity contribution is 0.0420. The zero-order valence-corrected chi connectivity index (χ0v) is 10.8. The fraction of sp³-hybridized carbons (Fsp3) is 0.438. The van der Waals surface area contributed by atoms with E-state index in [1.165, 1.54) is 12.8 Å². The molecular weight excluding hydrogens is 222 g/mol. The normalized spacial score (nSPS) is 20.1. The highest BCUT2D eigenvalue weighted by Gasteiger charge is 2.37. The molecule has 2 nitrogen and oxygen atoms in total. The summed E-state index contributed by atoms with van der Waals surface area (Å²) in [4.78, 5) is 4.36. The summed E-state index contributed by atoms with van der Waals surface area (Å²) in [6.07, 6.45) is 6.12. The van der Waals surface area contributed by atoms with Crippen LogP contribution >= 0.6 is 0 Å². The van der Waals surface area contributed by atoms with E-state index in [0.29, 0.717) is 0 Å². The molecule has 1 N–H and O–H groups in total. The van der Waals surface area contributed by atoms with E-state index in [1.807, 2.05) is 24.3 Å². The molecule has 1 unspecified atom stereocenters. The Bertz CT molecular complexity index is 553. The van der Waals surface area contributed by atoms with Crippen molar-refractivity contribution in [2.45, 2.75) is 38.7 Å². The molecule has 1 aliphatic rings. The SMILES string of the molecule is CC1(C(O)c2cccc3ncccc23)CCCC1. The molecule has 1 aliphatic carbocycles. The van der Waals surface area contributed by atoms with E-state index in [4.69, 9.17) is 0 Å². The van der Waals surface area contributed by atoms with Gasteiger partial charge < -0.3 is 5.11 Å². The fourth-order valence-corrected chi connectivity index (χ4v) is 3.20. The van der Waals surface area contributed by atoms with Gasteiger partial charge in [0, 0.05) is 11.6 Å². The smallest absolute Gasteiger partial charge is 0.0850 e. The molecule has 2 aromatic rings. The molecule has 1 fully saturated rings. The van der Waals surface area contributed by atoms with Gasteiger partial charge >= 0.3 is 0 Å². The monoisotopic (exact) mass is 241 g/mol. The molecule has 18 heavy (non-hydrogen) atoms. The molecule has 1 saturated carbocycles. The summed E-state index contributed by atoms with van der Waals surface area (Å²) in [5.41, 5.74) is 2.03. The number of pyridine rings is 1. The fourth-order valence-electron chi connectivity index (χ4n) is 3.20. The molecule has 0 radical (unpaired) electrons. The molecule has 94 valence electrons. The minimum absolute atomic E-state index is 0.0319. The molecule has 1 atom stereocenters. The molecule has 0 spiro atoms. The molecular formula is C16H19NO. The van der Waals surface area contributed by atoms with Crippen molar-refractivity contribution in [3.05, 3.63) is 42.1 Å². The number of hydrogen-bond donors (Lipinski definition) is 1. The number of benzene rings is 1. The van der Waals surface area contributed by atoms with Gasteiger partial charge in [-0.25, -0.2) is 0 Å². The second-order valence-electron chi connectivity index (χ2n) is 5.68. The highest BCUT2D eigenvalue weighted by Crippen LogP contribution is 2.48. The highest BCUT2D eigenvalue weighted by atomic mass is 16.3. The first-order valence-electron chi connectivity index (χ1n) is 6.72. The Morgan fingerprint density at radius 3 is 2.72 bits per heavy atom. The molecule has 1 aromatic heterocycles. The Labute approximate surface area is 108 Å². The van der Waals surface area contributed by atoms with Crippen LogP contribution in [0.1, 0.15) is 44.3 Å². The van der Waals surface area contributed by atoms with Crippen LogP contribution < -0.4 is 0 Å². The highest BCUT2D eigenvalue weighted by molar-refractivity contribution is 5.82. The number of aromatic nitrogens is 1. The van der Waals surface area contributed by atoms with Crippen molar-refractivity contribution in [1.29, 1.82) is 0 Å². The summed E-state index contributed by atoms with van der Waals surface area (Å²) in [6, 6.07) is 10.0. The van der Waals surface area contributed by atoms with Crippen LogP contribution in [0.2, 0.25) is 0 Å². The molecule has 0 saturated heterocycles. The summed E-state index contributed by atoms with van der Waals surface area (Å²) >= 11 is 0. The minimum Gasteiger partial charge on any atom is -0.388 e. The van der Waals surface area contributed by atoms with Gasteiger partial charge in [0.05, 0.1) is 11.6 Å². The van der Waals surface area contributed by atoms with E-state index in [1.54, 1.807) is 6.20 Å². The van der Waals surface area contributed by atoms with Gasteiger partial charge in [-0.05, 0) is 36.0 Å². The van der Waals surface area contributed by atoms with Gasteiger partial charge in [0.2, 0.25) is 0 Å². The van der Waals surface area contributed by atoms with Gasteiger partial charge in [0.25, 0.3) is 0 Å². The third-order valence-corrected chi connectivity index (χ3v) is 4.38. The molecule has 2 heteroatoms. The number of nitrogens with zero attached hydrogens (tertiary/aromatic N) is 1. The van der Waals surface area contributed by atoms with Crippen LogP contribution in [0.3, 0.4) is 0 Å². The van der Waals surface area contributed by atoms with Crippen LogP contribution in [0.4, 0.5) is 0 Å². The van der Waals surface area contributed by atoms with Crippen molar-refractivity contribution in [3.8, 4) is 0 Å². The lowest BCUT2D eigenvalue weighted by atomic mass is 9.78. The standard InChI is InChI=1S/C16H19NO/c1-16(9-2-3-10-16)15(18)13-6-4-8-14-12(13)7-5-11-17-14/h4-8,11,15,18H,2-3,9-10H2,1H3. The van der Waals surface area contributed by atoms with Gasteiger partial charge in [0.15, 0.2) is 0 Å². The Morgan fingerprint density at radius 2 is 1.94 bits per heavy atom. The summed E-state index contributed by atoms with van der Waals surface area (Å²) < 4.78 is 0. The van der Waals surface area contributed by atoms with Crippen molar-refractivity contribution < 1.29 is 5.11 Å². The van der Waals surface area contributed by atoms with Crippen molar-refractivity contribution in [1.82, 2.24) is 4.98 Å². The van der Waals surface area contributed by atoms with Crippen molar-refractivity contribution >= 4 is 10.9 Å². The van der Waals surface area contributed by atoms with Crippen molar-refractivity contribution in [2.24, 2.45) is 5.41 Å². The zero-order chi connectivity index (χ0) is 12.6. The largest absolute Gasteiger partial charge is 0.388 e. The zero-order valence-electron chi connectivity index (χ0n) is 10.8. The molecule has 0 amide bonds. The van der Waals surface area contributed by atoms with Crippen LogP contribution in [-0.4, -0.2) is 10.1 Å². The number of fused-ring (bicyclic) bond motifs is 1. The van der Waals surface area contributed by atoms with Gasteiger partial charge in [-0.3, -0.25) is 4.98 Å². The molecule has 0 aliphatic heterocycles. The van der Waals surface area contributed by atoms with Gasteiger partial charge in [-0.15, -0.1) is 0 Å². The number of rotatable bonds is 2. The van der Waals surface area contributed by atoms with Crippen molar-refractivity contribution in [3.63, 3.8) is 0 Å². The van der Waals surface area contributed by atoms with Crippen LogP contribution in [0.15, 0.2) is 36.5 Å². The molecule has 1 aromatic carbocycles. The Kier molecular flexibility index (Phi) is 2.83. The van der Waals surface area contributed by atoms with Crippen molar-refractivity contribution in [2.75, 3.05) is 0 Å². The topological polar surface area (TPSA) is 33.1 Å². The third kappa shape index (κ3) is 1.81. The first-order valence-corrected chi connectivity index (χ1v) is 6.72. The molecule has 1 heterocycles. The third-order valence-electron chi connectivity index (χ3n) is 4.38. The molecule has 0 bridgehead atoms. The van der Waals surface area contributed by atoms with E-state index in [0.717, 1.165) is 29.3 Å². The lowest BCUT2D eigenvalue weighted by Gasteiger charge is -2.31. The van der Waals surface area contributed by atoms with Gasteiger partial charge in [0.1, 0.15) is 0 Å². The van der Waals surface area contributed by atoms with Crippen LogP contribution in [-0.2, 0) is 0 Å². The van der Waals surface area contributed by atoms with Crippen LogP contribution in [0, 0.1) is 5.41 Å². The summed E-state index contributed by atoms with van der Waals surface area (Å²) in [5, 5.41) is 11.8. The lowest BCUT2D eigenvalue weighted by Crippen LogP contribution is -2.22. The first kappa shape index (κ1) is 11.7. The molecule has 3 rings (SSSR count). The second kappa shape index (κ2) is 4.36. The number of aliphatic hydroxyl groups is 1. The Morgan fingerprint density at radius 1 is 1.17 bits per heavy atom. The van der Waals surface area contributed by atoms with E-state index in [-0.39, 0.29) is 11.5 Å². The number of hydrogen-bond acceptors (Lipinski definition) is 2. The van der Waals surface area contributed by atoms with Gasteiger partial charge in [-0.2, -0.15) is 0 Å². The first-order chi connectivity index (χ1) is 8.71.